The summed E-state index contributed by atoms with van der Waals surface area (Å²) in [6.45, 7) is 8.68. The van der Waals surface area contributed by atoms with Gasteiger partial charge in [-0.2, -0.15) is 5.48 Å². The molecular weight excluding hydrogens is 226 g/mol. The molecule has 0 unspecified atom stereocenters. The second kappa shape index (κ2) is 8.95. The molecule has 1 rings (SSSR count). The van der Waals surface area contributed by atoms with E-state index in [1.54, 1.807) is 0 Å². The zero-order valence-corrected chi connectivity index (χ0v) is 11.7. The Morgan fingerprint density at radius 3 is 2.50 bits per heavy atom. The van der Waals surface area contributed by atoms with Crippen LogP contribution in [0.25, 0.3) is 0 Å². The van der Waals surface area contributed by atoms with Crippen molar-refractivity contribution in [2.75, 3.05) is 13.2 Å². The molecule has 0 saturated carbocycles. The van der Waals surface area contributed by atoms with Gasteiger partial charge in [-0.3, -0.25) is 0 Å². The van der Waals surface area contributed by atoms with Crippen LogP contribution in [0.2, 0.25) is 0 Å². The first kappa shape index (κ1) is 15.0. The molecule has 0 radical (unpaired) electrons. The first-order chi connectivity index (χ1) is 8.72. The van der Waals surface area contributed by atoms with Gasteiger partial charge >= 0.3 is 0 Å². The Labute approximate surface area is 110 Å². The van der Waals surface area contributed by atoms with E-state index in [1.807, 2.05) is 12.1 Å². The maximum absolute atomic E-state index is 5.61. The van der Waals surface area contributed by atoms with Gasteiger partial charge in [-0.15, -0.1) is 0 Å². The van der Waals surface area contributed by atoms with Gasteiger partial charge in [-0.1, -0.05) is 39.3 Å². The SMILES string of the molecule is CCCCOc1ccc(CNOCC(C)C)cc1. The van der Waals surface area contributed by atoms with Crippen molar-refractivity contribution >= 4 is 0 Å². The molecule has 0 heterocycles. The number of nitrogens with one attached hydrogen (secondary N) is 1. The molecule has 3 nitrogen and oxygen atoms in total. The molecule has 18 heavy (non-hydrogen) atoms. The summed E-state index contributed by atoms with van der Waals surface area (Å²) < 4.78 is 5.61. The largest absolute Gasteiger partial charge is 0.494 e. The molecule has 0 aliphatic heterocycles. The Bertz CT molecular complexity index is 309. The first-order valence-corrected chi connectivity index (χ1v) is 6.78. The predicted octanol–water partition coefficient (Wildman–Crippen LogP) is 3.54. The topological polar surface area (TPSA) is 30.5 Å². The van der Waals surface area contributed by atoms with Crippen LogP contribution in [0.15, 0.2) is 24.3 Å². The molecule has 1 aromatic rings. The Balaban J connectivity index is 2.23. The monoisotopic (exact) mass is 251 g/mol. The van der Waals surface area contributed by atoms with E-state index >= 15 is 0 Å². The zero-order valence-electron chi connectivity index (χ0n) is 11.7. The van der Waals surface area contributed by atoms with Crippen molar-refractivity contribution in [2.45, 2.75) is 40.2 Å². The summed E-state index contributed by atoms with van der Waals surface area (Å²) in [5, 5.41) is 0. The fourth-order valence-corrected chi connectivity index (χ4v) is 1.40. The van der Waals surface area contributed by atoms with Crippen molar-refractivity contribution in [1.82, 2.24) is 5.48 Å². The Hall–Kier alpha value is -1.06. The first-order valence-electron chi connectivity index (χ1n) is 6.78. The lowest BCUT2D eigenvalue weighted by Crippen LogP contribution is -2.17. The molecule has 102 valence electrons. The molecule has 0 saturated heterocycles. The number of unbranched alkanes of at least 4 members (excludes halogenated alkanes) is 1. The van der Waals surface area contributed by atoms with Gasteiger partial charge in [0.05, 0.1) is 13.2 Å². The number of hydroxylamine groups is 1. The van der Waals surface area contributed by atoms with Crippen LogP contribution in [-0.4, -0.2) is 13.2 Å². The van der Waals surface area contributed by atoms with E-state index in [-0.39, 0.29) is 0 Å². The molecule has 0 amide bonds. The van der Waals surface area contributed by atoms with Crippen LogP contribution < -0.4 is 10.2 Å². The summed E-state index contributed by atoms with van der Waals surface area (Å²) in [5.41, 5.74) is 4.16. The average molecular weight is 251 g/mol. The second-order valence-corrected chi connectivity index (χ2v) is 4.87. The number of benzene rings is 1. The van der Waals surface area contributed by atoms with Crippen LogP contribution >= 0.6 is 0 Å². The van der Waals surface area contributed by atoms with Crippen molar-refractivity contribution in [3.8, 4) is 5.75 Å². The van der Waals surface area contributed by atoms with Gasteiger partial charge in [-0.05, 0) is 30.0 Å². The molecule has 0 aromatic heterocycles. The zero-order chi connectivity index (χ0) is 13.2. The third-order valence-electron chi connectivity index (χ3n) is 2.48. The molecule has 0 aliphatic rings. The van der Waals surface area contributed by atoms with E-state index in [9.17, 15) is 0 Å². The van der Waals surface area contributed by atoms with E-state index in [2.05, 4.69) is 38.4 Å². The molecule has 3 heteroatoms. The van der Waals surface area contributed by atoms with Crippen LogP contribution in [-0.2, 0) is 11.4 Å². The fraction of sp³-hybridized carbons (Fsp3) is 0.600. The number of hydrogen-bond acceptors (Lipinski definition) is 3. The highest BCUT2D eigenvalue weighted by atomic mass is 16.6. The summed E-state index contributed by atoms with van der Waals surface area (Å²) in [4.78, 5) is 5.33. The van der Waals surface area contributed by atoms with Crippen LogP contribution in [0.1, 0.15) is 39.2 Å². The number of hydrogen-bond donors (Lipinski definition) is 1. The highest BCUT2D eigenvalue weighted by molar-refractivity contribution is 5.27. The van der Waals surface area contributed by atoms with E-state index in [4.69, 9.17) is 9.57 Å². The van der Waals surface area contributed by atoms with Gasteiger partial charge < -0.3 is 9.57 Å². The van der Waals surface area contributed by atoms with Gasteiger partial charge in [0.15, 0.2) is 0 Å². The Morgan fingerprint density at radius 2 is 1.89 bits per heavy atom. The van der Waals surface area contributed by atoms with E-state index in [0.717, 1.165) is 38.3 Å². The molecule has 1 aromatic carbocycles. The second-order valence-electron chi connectivity index (χ2n) is 4.87. The maximum atomic E-state index is 5.61. The Kier molecular flexibility index (Phi) is 7.46. The number of rotatable bonds is 9. The molecular formula is C15H25NO2. The maximum Gasteiger partial charge on any atom is 0.119 e. The minimum atomic E-state index is 0.548. The third-order valence-corrected chi connectivity index (χ3v) is 2.48. The van der Waals surface area contributed by atoms with Gasteiger partial charge in [0.25, 0.3) is 0 Å². The number of ether oxygens (including phenoxy) is 1. The normalized spacial score (nSPS) is 10.9. The van der Waals surface area contributed by atoms with Crippen LogP contribution in [0.3, 0.4) is 0 Å². The fourth-order valence-electron chi connectivity index (χ4n) is 1.40. The third kappa shape index (κ3) is 6.62. The summed E-state index contributed by atoms with van der Waals surface area (Å²) in [7, 11) is 0. The molecule has 0 atom stereocenters. The summed E-state index contributed by atoms with van der Waals surface area (Å²) in [5.74, 6) is 1.49. The minimum absolute atomic E-state index is 0.548. The molecule has 0 spiro atoms. The molecule has 0 bridgehead atoms. The van der Waals surface area contributed by atoms with E-state index in [1.165, 1.54) is 5.56 Å². The summed E-state index contributed by atoms with van der Waals surface area (Å²) >= 11 is 0. The highest BCUT2D eigenvalue weighted by Crippen LogP contribution is 2.12. The lowest BCUT2D eigenvalue weighted by Gasteiger charge is -2.09. The van der Waals surface area contributed by atoms with Crippen molar-refractivity contribution in [3.63, 3.8) is 0 Å². The average Bonchev–Trinajstić information content (AvgIpc) is 2.36. The quantitative estimate of drug-likeness (QED) is 0.538. The van der Waals surface area contributed by atoms with Gasteiger partial charge in [-0.25, -0.2) is 0 Å². The van der Waals surface area contributed by atoms with E-state index in [0.29, 0.717) is 5.92 Å². The van der Waals surface area contributed by atoms with Gasteiger partial charge in [0, 0.05) is 6.54 Å². The van der Waals surface area contributed by atoms with E-state index < -0.39 is 0 Å². The van der Waals surface area contributed by atoms with Gasteiger partial charge in [0.2, 0.25) is 0 Å². The minimum Gasteiger partial charge on any atom is -0.494 e. The lowest BCUT2D eigenvalue weighted by molar-refractivity contribution is 0.0196. The standard InChI is InChI=1S/C15H25NO2/c1-4-5-10-17-15-8-6-14(7-9-15)11-16-18-12-13(2)3/h6-9,13,16H,4-5,10-12H2,1-3H3. The van der Waals surface area contributed by atoms with Crippen LogP contribution in [0.4, 0.5) is 0 Å². The van der Waals surface area contributed by atoms with Crippen molar-refractivity contribution in [1.29, 1.82) is 0 Å². The van der Waals surface area contributed by atoms with Crippen molar-refractivity contribution < 1.29 is 9.57 Å². The van der Waals surface area contributed by atoms with Crippen LogP contribution in [0.5, 0.6) is 5.75 Å². The predicted molar refractivity (Wildman–Crippen MR) is 74.5 cm³/mol. The van der Waals surface area contributed by atoms with Crippen LogP contribution in [0, 0.1) is 5.92 Å². The molecule has 0 fully saturated rings. The van der Waals surface area contributed by atoms with Gasteiger partial charge in [0.1, 0.15) is 5.75 Å². The van der Waals surface area contributed by atoms with Crippen molar-refractivity contribution in [3.05, 3.63) is 29.8 Å². The summed E-state index contributed by atoms with van der Waals surface area (Å²) in [6.07, 6.45) is 2.27. The molecule has 1 N–H and O–H groups in total. The molecule has 0 aliphatic carbocycles. The van der Waals surface area contributed by atoms with Crippen molar-refractivity contribution in [2.24, 2.45) is 5.92 Å². The Morgan fingerprint density at radius 1 is 1.17 bits per heavy atom. The lowest BCUT2D eigenvalue weighted by atomic mass is 10.2. The smallest absolute Gasteiger partial charge is 0.119 e. The highest BCUT2D eigenvalue weighted by Gasteiger charge is 1.97. The summed E-state index contributed by atoms with van der Waals surface area (Å²) in [6, 6.07) is 8.14.